The number of carbonyl (C=O) groups is 1. The molecule has 0 bridgehead atoms. The molecule has 21 heavy (non-hydrogen) atoms. The lowest BCUT2D eigenvalue weighted by Gasteiger charge is -2.16. The van der Waals surface area contributed by atoms with Crippen molar-refractivity contribution in [2.75, 3.05) is 6.54 Å². The first-order valence-electron chi connectivity index (χ1n) is 6.62. The summed E-state index contributed by atoms with van der Waals surface area (Å²) in [7, 11) is -3.74. The highest BCUT2D eigenvalue weighted by Crippen LogP contribution is 2.20. The standard InChI is InChI=1S/C14H20ClNO4S/c1-9(2)6-11(14(17)18)8-16-21(19,20)13-5-4-12(15)7-10(13)3/h4-5,7,9,11,16H,6,8H2,1-3H3,(H,17,18). The van der Waals surface area contributed by atoms with E-state index in [-0.39, 0.29) is 17.4 Å². The van der Waals surface area contributed by atoms with Crippen LogP contribution in [0, 0.1) is 18.8 Å². The molecule has 5 nitrogen and oxygen atoms in total. The Morgan fingerprint density at radius 1 is 1.38 bits per heavy atom. The third kappa shape index (κ3) is 5.30. The van der Waals surface area contributed by atoms with Crippen molar-refractivity contribution in [1.82, 2.24) is 4.72 Å². The van der Waals surface area contributed by atoms with Crippen LogP contribution in [0.3, 0.4) is 0 Å². The normalized spacial score (nSPS) is 13.4. The van der Waals surface area contributed by atoms with Crippen LogP contribution in [0.5, 0.6) is 0 Å². The number of halogens is 1. The fourth-order valence-corrected chi connectivity index (χ4v) is 3.58. The lowest BCUT2D eigenvalue weighted by molar-refractivity contribution is -0.142. The Labute approximate surface area is 130 Å². The van der Waals surface area contributed by atoms with E-state index < -0.39 is 21.9 Å². The molecule has 0 amide bonds. The molecule has 0 aliphatic carbocycles. The summed E-state index contributed by atoms with van der Waals surface area (Å²) >= 11 is 5.80. The van der Waals surface area contributed by atoms with Gasteiger partial charge in [-0.05, 0) is 43.0 Å². The summed E-state index contributed by atoms with van der Waals surface area (Å²) in [5.41, 5.74) is 0.519. The largest absolute Gasteiger partial charge is 0.481 e. The van der Waals surface area contributed by atoms with Crippen LogP contribution < -0.4 is 4.72 Å². The van der Waals surface area contributed by atoms with Crippen LogP contribution in [-0.2, 0) is 14.8 Å². The molecule has 0 fully saturated rings. The summed E-state index contributed by atoms with van der Waals surface area (Å²) in [6.07, 6.45) is 0.414. The molecule has 0 aliphatic heterocycles. The lowest BCUT2D eigenvalue weighted by atomic mass is 9.98. The smallest absolute Gasteiger partial charge is 0.307 e. The monoisotopic (exact) mass is 333 g/mol. The minimum absolute atomic E-state index is 0.112. The predicted molar refractivity (Wildman–Crippen MR) is 82.0 cm³/mol. The first kappa shape index (κ1) is 17.9. The van der Waals surface area contributed by atoms with Gasteiger partial charge < -0.3 is 5.11 Å². The minimum atomic E-state index is -3.74. The topological polar surface area (TPSA) is 83.5 Å². The molecule has 2 N–H and O–H groups in total. The van der Waals surface area contributed by atoms with Crippen LogP contribution >= 0.6 is 11.6 Å². The Bertz CT molecular complexity index is 613. The average molecular weight is 334 g/mol. The molecule has 7 heteroatoms. The molecule has 1 atom stereocenters. The van der Waals surface area contributed by atoms with Gasteiger partial charge in [-0.2, -0.15) is 0 Å². The summed E-state index contributed by atoms with van der Waals surface area (Å²) in [4.78, 5) is 11.3. The highest BCUT2D eigenvalue weighted by atomic mass is 35.5. The van der Waals surface area contributed by atoms with E-state index in [0.29, 0.717) is 17.0 Å². The van der Waals surface area contributed by atoms with E-state index in [4.69, 9.17) is 16.7 Å². The number of hydrogen-bond donors (Lipinski definition) is 2. The van der Waals surface area contributed by atoms with Crippen molar-refractivity contribution in [3.8, 4) is 0 Å². The molecule has 0 heterocycles. The number of carboxylic acid groups (broad SMARTS) is 1. The van der Waals surface area contributed by atoms with Gasteiger partial charge in [0, 0.05) is 11.6 Å². The Balaban J connectivity index is 2.87. The van der Waals surface area contributed by atoms with Crippen molar-refractivity contribution < 1.29 is 18.3 Å². The van der Waals surface area contributed by atoms with Gasteiger partial charge in [0.05, 0.1) is 10.8 Å². The molecule has 1 aromatic rings. The zero-order valence-corrected chi connectivity index (χ0v) is 13.8. The molecule has 1 unspecified atom stereocenters. The van der Waals surface area contributed by atoms with E-state index >= 15 is 0 Å². The van der Waals surface area contributed by atoms with Gasteiger partial charge in [-0.15, -0.1) is 0 Å². The zero-order valence-electron chi connectivity index (χ0n) is 12.3. The fraction of sp³-hybridized carbons (Fsp3) is 0.500. The van der Waals surface area contributed by atoms with E-state index in [1.54, 1.807) is 13.0 Å². The van der Waals surface area contributed by atoms with Gasteiger partial charge in [0.25, 0.3) is 0 Å². The Morgan fingerprint density at radius 2 is 2.00 bits per heavy atom. The maximum absolute atomic E-state index is 12.2. The van der Waals surface area contributed by atoms with Crippen LogP contribution in [0.4, 0.5) is 0 Å². The molecule has 0 aliphatic rings. The molecular weight excluding hydrogens is 314 g/mol. The van der Waals surface area contributed by atoms with Gasteiger partial charge in [-0.25, -0.2) is 13.1 Å². The van der Waals surface area contributed by atoms with Crippen LogP contribution in [0.1, 0.15) is 25.8 Å². The lowest BCUT2D eigenvalue weighted by Crippen LogP contribution is -2.34. The maximum atomic E-state index is 12.2. The second-order valence-electron chi connectivity index (χ2n) is 5.43. The van der Waals surface area contributed by atoms with Crippen LogP contribution in [0.15, 0.2) is 23.1 Å². The molecule has 0 spiro atoms. The Hall–Kier alpha value is -1.11. The molecule has 0 radical (unpaired) electrons. The number of nitrogens with one attached hydrogen (secondary N) is 1. The van der Waals surface area contributed by atoms with Crippen molar-refractivity contribution in [2.24, 2.45) is 11.8 Å². The molecule has 0 saturated heterocycles. The fourth-order valence-electron chi connectivity index (χ4n) is 2.04. The number of hydrogen-bond acceptors (Lipinski definition) is 3. The molecule has 118 valence electrons. The van der Waals surface area contributed by atoms with Crippen molar-refractivity contribution in [1.29, 1.82) is 0 Å². The summed E-state index contributed by atoms with van der Waals surface area (Å²) in [5.74, 6) is -1.57. The van der Waals surface area contributed by atoms with Gasteiger partial charge >= 0.3 is 5.97 Å². The first-order chi connectivity index (χ1) is 9.63. The number of sulfonamides is 1. The highest BCUT2D eigenvalue weighted by Gasteiger charge is 2.23. The predicted octanol–water partition coefficient (Wildman–Crippen LogP) is 2.67. The minimum Gasteiger partial charge on any atom is -0.481 e. The van der Waals surface area contributed by atoms with Crippen LogP contribution in [0.25, 0.3) is 0 Å². The SMILES string of the molecule is Cc1cc(Cl)ccc1S(=O)(=O)NCC(CC(C)C)C(=O)O. The molecular formula is C14H20ClNO4S. The zero-order chi connectivity index (χ0) is 16.2. The summed E-state index contributed by atoms with van der Waals surface area (Å²) in [6.45, 7) is 5.31. The number of carboxylic acids is 1. The third-order valence-corrected chi connectivity index (χ3v) is 4.87. The number of aliphatic carboxylic acids is 1. The Morgan fingerprint density at radius 3 is 2.48 bits per heavy atom. The van der Waals surface area contributed by atoms with Crippen LogP contribution in [-0.4, -0.2) is 26.0 Å². The van der Waals surface area contributed by atoms with Gasteiger partial charge in [-0.1, -0.05) is 25.4 Å². The second-order valence-corrected chi connectivity index (χ2v) is 7.60. The van der Waals surface area contributed by atoms with E-state index in [2.05, 4.69) is 4.72 Å². The van der Waals surface area contributed by atoms with Gasteiger partial charge in [0.1, 0.15) is 0 Å². The third-order valence-electron chi connectivity index (χ3n) is 3.05. The van der Waals surface area contributed by atoms with Gasteiger partial charge in [0.2, 0.25) is 10.0 Å². The van der Waals surface area contributed by atoms with E-state index in [0.717, 1.165) is 0 Å². The molecule has 1 rings (SSSR count). The highest BCUT2D eigenvalue weighted by molar-refractivity contribution is 7.89. The van der Waals surface area contributed by atoms with Crippen molar-refractivity contribution in [2.45, 2.75) is 32.1 Å². The molecule has 1 aromatic carbocycles. The number of aryl methyl sites for hydroxylation is 1. The van der Waals surface area contributed by atoms with E-state index in [1.807, 2.05) is 13.8 Å². The van der Waals surface area contributed by atoms with E-state index in [1.165, 1.54) is 12.1 Å². The first-order valence-corrected chi connectivity index (χ1v) is 8.48. The van der Waals surface area contributed by atoms with E-state index in [9.17, 15) is 13.2 Å². The Kier molecular flexibility index (Phi) is 6.19. The quantitative estimate of drug-likeness (QED) is 0.803. The summed E-state index contributed by atoms with van der Waals surface area (Å²) < 4.78 is 26.8. The van der Waals surface area contributed by atoms with Crippen molar-refractivity contribution in [3.05, 3.63) is 28.8 Å². The summed E-state index contributed by atoms with van der Waals surface area (Å²) in [5, 5.41) is 9.58. The second kappa shape index (κ2) is 7.24. The average Bonchev–Trinajstić information content (AvgIpc) is 2.33. The maximum Gasteiger partial charge on any atom is 0.307 e. The molecule has 0 aromatic heterocycles. The van der Waals surface area contributed by atoms with Crippen molar-refractivity contribution >= 4 is 27.6 Å². The summed E-state index contributed by atoms with van der Waals surface area (Å²) in [6, 6.07) is 4.46. The molecule has 0 saturated carbocycles. The van der Waals surface area contributed by atoms with Crippen molar-refractivity contribution in [3.63, 3.8) is 0 Å². The van der Waals surface area contributed by atoms with Gasteiger partial charge in [-0.3, -0.25) is 4.79 Å². The van der Waals surface area contributed by atoms with Gasteiger partial charge in [0.15, 0.2) is 0 Å². The number of rotatable bonds is 7. The van der Waals surface area contributed by atoms with Crippen LogP contribution in [0.2, 0.25) is 5.02 Å². The number of benzene rings is 1.